The number of hydrogen-bond acceptors (Lipinski definition) is 3. The predicted molar refractivity (Wildman–Crippen MR) is 55.6 cm³/mol. The molecule has 4 heteroatoms. The molecule has 2 N–H and O–H groups in total. The molecule has 2 fully saturated rings. The van der Waals surface area contributed by atoms with Crippen LogP contribution in [0.1, 0.15) is 32.1 Å². The Hall–Kier alpha value is -0.610. The van der Waals surface area contributed by atoms with Crippen LogP contribution in [0.25, 0.3) is 0 Å². The summed E-state index contributed by atoms with van der Waals surface area (Å²) in [7, 11) is 0. The van der Waals surface area contributed by atoms with Crippen LogP contribution in [0.15, 0.2) is 0 Å². The predicted octanol–water partition coefficient (Wildman–Crippen LogP) is 0.696. The fourth-order valence-corrected chi connectivity index (χ4v) is 2.75. The molecule has 4 nitrogen and oxygen atoms in total. The van der Waals surface area contributed by atoms with Crippen LogP contribution in [0.2, 0.25) is 0 Å². The van der Waals surface area contributed by atoms with Gasteiger partial charge in [0.1, 0.15) is 0 Å². The Balaban J connectivity index is 1.70. The van der Waals surface area contributed by atoms with Crippen molar-refractivity contribution in [1.29, 1.82) is 0 Å². The number of carbonyl (C=O) groups is 1. The molecule has 1 saturated heterocycles. The van der Waals surface area contributed by atoms with Crippen molar-refractivity contribution < 1.29 is 15.0 Å². The van der Waals surface area contributed by atoms with Crippen LogP contribution >= 0.6 is 0 Å². The minimum Gasteiger partial charge on any atom is -0.481 e. The van der Waals surface area contributed by atoms with Gasteiger partial charge in [0, 0.05) is 25.6 Å². The van der Waals surface area contributed by atoms with E-state index >= 15 is 0 Å². The normalized spacial score (nSPS) is 33.7. The van der Waals surface area contributed by atoms with Crippen molar-refractivity contribution in [3.8, 4) is 0 Å². The topological polar surface area (TPSA) is 60.8 Å². The largest absolute Gasteiger partial charge is 0.481 e. The molecule has 1 heterocycles. The van der Waals surface area contributed by atoms with Crippen LogP contribution in [0.3, 0.4) is 0 Å². The van der Waals surface area contributed by atoms with Gasteiger partial charge in [0.2, 0.25) is 0 Å². The molecular weight excluding hydrogens is 194 g/mol. The highest BCUT2D eigenvalue weighted by molar-refractivity contribution is 5.67. The average Bonchev–Trinajstić information content (AvgIpc) is 2.14. The molecule has 1 aliphatic heterocycles. The summed E-state index contributed by atoms with van der Waals surface area (Å²) in [6, 6.07) is 0.596. The van der Waals surface area contributed by atoms with E-state index in [0.29, 0.717) is 18.4 Å². The zero-order chi connectivity index (χ0) is 10.8. The molecule has 0 aromatic rings. The van der Waals surface area contributed by atoms with Gasteiger partial charge in [-0.05, 0) is 31.6 Å². The fourth-order valence-electron chi connectivity index (χ4n) is 2.75. The van der Waals surface area contributed by atoms with Gasteiger partial charge in [-0.2, -0.15) is 0 Å². The molecule has 1 aliphatic carbocycles. The van der Waals surface area contributed by atoms with Gasteiger partial charge in [0.15, 0.2) is 0 Å². The van der Waals surface area contributed by atoms with Crippen molar-refractivity contribution >= 4 is 5.97 Å². The summed E-state index contributed by atoms with van der Waals surface area (Å²) in [5, 5.41) is 17.9. The molecule has 2 rings (SSSR count). The van der Waals surface area contributed by atoms with E-state index in [9.17, 15) is 9.90 Å². The summed E-state index contributed by atoms with van der Waals surface area (Å²) < 4.78 is 0. The SMILES string of the molecule is O=C(O)CC1CCC(N2CC(O)C2)CC1. The summed E-state index contributed by atoms with van der Waals surface area (Å²) in [6.07, 6.45) is 4.47. The highest BCUT2D eigenvalue weighted by Crippen LogP contribution is 2.31. The first-order valence-electron chi connectivity index (χ1n) is 5.79. The smallest absolute Gasteiger partial charge is 0.303 e. The van der Waals surface area contributed by atoms with E-state index in [0.717, 1.165) is 38.8 Å². The number of aliphatic carboxylic acids is 1. The van der Waals surface area contributed by atoms with Crippen LogP contribution in [-0.2, 0) is 4.79 Å². The number of nitrogens with zero attached hydrogens (tertiary/aromatic N) is 1. The molecule has 0 amide bonds. The zero-order valence-electron chi connectivity index (χ0n) is 8.93. The first-order valence-corrected chi connectivity index (χ1v) is 5.79. The zero-order valence-corrected chi connectivity index (χ0v) is 8.93. The second-order valence-electron chi connectivity index (χ2n) is 4.88. The Morgan fingerprint density at radius 2 is 1.80 bits per heavy atom. The molecular formula is C11H19NO3. The summed E-state index contributed by atoms with van der Waals surface area (Å²) >= 11 is 0. The van der Waals surface area contributed by atoms with E-state index in [1.54, 1.807) is 0 Å². The number of carboxylic acid groups (broad SMARTS) is 1. The minimum absolute atomic E-state index is 0.123. The summed E-state index contributed by atoms with van der Waals surface area (Å²) in [4.78, 5) is 12.9. The Labute approximate surface area is 89.9 Å². The van der Waals surface area contributed by atoms with Gasteiger partial charge in [-0.3, -0.25) is 9.69 Å². The number of β-amino-alcohol motifs (C(OH)–C–C–N with tert-alkyl or cyclic N) is 1. The van der Waals surface area contributed by atoms with Crippen LogP contribution in [0, 0.1) is 5.92 Å². The summed E-state index contributed by atoms with van der Waals surface area (Å²) in [5.41, 5.74) is 0. The van der Waals surface area contributed by atoms with E-state index < -0.39 is 5.97 Å². The molecule has 1 saturated carbocycles. The van der Waals surface area contributed by atoms with Crippen molar-refractivity contribution in [2.75, 3.05) is 13.1 Å². The van der Waals surface area contributed by atoms with Crippen LogP contribution in [0.5, 0.6) is 0 Å². The van der Waals surface area contributed by atoms with E-state index in [1.165, 1.54) is 0 Å². The van der Waals surface area contributed by atoms with Gasteiger partial charge >= 0.3 is 5.97 Å². The molecule has 2 aliphatic rings. The highest BCUT2D eigenvalue weighted by Gasteiger charge is 2.33. The van der Waals surface area contributed by atoms with Crippen molar-refractivity contribution in [3.63, 3.8) is 0 Å². The van der Waals surface area contributed by atoms with Crippen molar-refractivity contribution in [2.24, 2.45) is 5.92 Å². The number of rotatable bonds is 3. The maximum Gasteiger partial charge on any atom is 0.303 e. The van der Waals surface area contributed by atoms with E-state index in [-0.39, 0.29) is 6.10 Å². The average molecular weight is 213 g/mol. The van der Waals surface area contributed by atoms with Gasteiger partial charge in [-0.25, -0.2) is 0 Å². The van der Waals surface area contributed by atoms with E-state index in [2.05, 4.69) is 4.90 Å². The second kappa shape index (κ2) is 4.49. The Bertz CT molecular complexity index is 230. The van der Waals surface area contributed by atoms with Crippen LogP contribution in [0.4, 0.5) is 0 Å². The van der Waals surface area contributed by atoms with Crippen LogP contribution in [-0.4, -0.2) is 46.3 Å². The minimum atomic E-state index is -0.669. The number of aliphatic hydroxyl groups excluding tert-OH is 1. The fraction of sp³-hybridized carbons (Fsp3) is 0.909. The van der Waals surface area contributed by atoms with Crippen molar-refractivity contribution in [2.45, 2.75) is 44.2 Å². The molecule has 15 heavy (non-hydrogen) atoms. The number of likely N-dealkylation sites (tertiary alicyclic amines) is 1. The molecule has 86 valence electrons. The number of carboxylic acids is 1. The van der Waals surface area contributed by atoms with Gasteiger partial charge in [0.25, 0.3) is 0 Å². The van der Waals surface area contributed by atoms with Gasteiger partial charge in [-0.15, -0.1) is 0 Å². The second-order valence-corrected chi connectivity index (χ2v) is 4.88. The number of hydrogen-bond donors (Lipinski definition) is 2. The summed E-state index contributed by atoms with van der Waals surface area (Å²) in [6.45, 7) is 1.63. The standard InChI is InChI=1S/C11H19NO3/c13-10-6-12(7-10)9-3-1-8(2-4-9)5-11(14)15/h8-10,13H,1-7H2,(H,14,15). The van der Waals surface area contributed by atoms with Gasteiger partial charge in [-0.1, -0.05) is 0 Å². The number of aliphatic hydroxyl groups is 1. The lowest BCUT2D eigenvalue weighted by atomic mass is 9.82. The quantitative estimate of drug-likeness (QED) is 0.724. The maximum atomic E-state index is 10.5. The molecule has 0 aromatic heterocycles. The lowest BCUT2D eigenvalue weighted by molar-refractivity contribution is -0.138. The first-order chi connectivity index (χ1) is 7.15. The Kier molecular flexibility index (Phi) is 3.26. The summed E-state index contributed by atoms with van der Waals surface area (Å²) in [5.74, 6) is -0.289. The third-order valence-electron chi connectivity index (χ3n) is 3.69. The van der Waals surface area contributed by atoms with Gasteiger partial charge in [0.05, 0.1) is 6.10 Å². The van der Waals surface area contributed by atoms with Crippen LogP contribution < -0.4 is 0 Å². The molecule has 0 radical (unpaired) electrons. The van der Waals surface area contributed by atoms with Gasteiger partial charge < -0.3 is 10.2 Å². The third kappa shape index (κ3) is 2.69. The monoisotopic (exact) mass is 213 g/mol. The molecule has 0 bridgehead atoms. The Morgan fingerprint density at radius 3 is 2.27 bits per heavy atom. The molecule has 0 atom stereocenters. The van der Waals surface area contributed by atoms with Crippen molar-refractivity contribution in [1.82, 2.24) is 4.90 Å². The van der Waals surface area contributed by atoms with Crippen molar-refractivity contribution in [3.05, 3.63) is 0 Å². The third-order valence-corrected chi connectivity index (χ3v) is 3.69. The molecule has 0 spiro atoms. The maximum absolute atomic E-state index is 10.5. The lowest BCUT2D eigenvalue weighted by Crippen LogP contribution is -2.56. The van der Waals surface area contributed by atoms with E-state index in [4.69, 9.17) is 5.11 Å². The first kappa shape index (κ1) is 10.9. The molecule has 0 aromatic carbocycles. The van der Waals surface area contributed by atoms with E-state index in [1.807, 2.05) is 0 Å². The molecule has 0 unspecified atom stereocenters. The Morgan fingerprint density at radius 1 is 1.20 bits per heavy atom. The lowest BCUT2D eigenvalue weighted by Gasteiger charge is -2.44. The highest BCUT2D eigenvalue weighted by atomic mass is 16.4.